The molecule has 0 saturated heterocycles. The van der Waals surface area contributed by atoms with Crippen molar-refractivity contribution in [3.63, 3.8) is 0 Å². The van der Waals surface area contributed by atoms with E-state index in [1.807, 2.05) is 31.2 Å². The van der Waals surface area contributed by atoms with E-state index in [0.717, 1.165) is 17.4 Å². The van der Waals surface area contributed by atoms with Gasteiger partial charge < -0.3 is 9.53 Å². The van der Waals surface area contributed by atoms with Crippen LogP contribution in [0.4, 0.5) is 0 Å². The average Bonchev–Trinajstić information content (AvgIpc) is 2.34. The molecule has 2 heteroatoms. The lowest BCUT2D eigenvalue weighted by atomic mass is 10.0. The van der Waals surface area contributed by atoms with Crippen LogP contribution in [-0.2, 0) is 16.1 Å². The van der Waals surface area contributed by atoms with Gasteiger partial charge in [-0.15, -0.1) is 0 Å². The molecule has 2 nitrogen and oxygen atoms in total. The van der Waals surface area contributed by atoms with Gasteiger partial charge in [-0.25, -0.2) is 0 Å². The minimum Gasteiger partial charge on any atom is -0.373 e. The van der Waals surface area contributed by atoms with Crippen LogP contribution < -0.4 is 0 Å². The lowest BCUT2D eigenvalue weighted by Crippen LogP contribution is -1.96. The molecule has 0 amide bonds. The van der Waals surface area contributed by atoms with Crippen molar-refractivity contribution in [1.82, 2.24) is 0 Å². The van der Waals surface area contributed by atoms with Gasteiger partial charge in [-0.05, 0) is 25.0 Å². The molecule has 1 atom stereocenters. The van der Waals surface area contributed by atoms with E-state index in [4.69, 9.17) is 4.74 Å². The normalized spacial score (nSPS) is 11.9. The first kappa shape index (κ1) is 13.7. The molecule has 1 rings (SSSR count). The van der Waals surface area contributed by atoms with Gasteiger partial charge in [0.2, 0.25) is 0 Å². The third kappa shape index (κ3) is 4.96. The molecule has 92 valence electrons. The predicted molar refractivity (Wildman–Crippen MR) is 70.0 cm³/mol. The third-order valence-corrected chi connectivity index (χ3v) is 2.59. The summed E-state index contributed by atoms with van der Waals surface area (Å²) in [6.45, 7) is 7.26. The Bertz CT molecular complexity index is 372. The number of benzene rings is 1. The van der Waals surface area contributed by atoms with Gasteiger partial charge >= 0.3 is 0 Å². The van der Waals surface area contributed by atoms with Gasteiger partial charge in [-0.1, -0.05) is 42.8 Å². The number of ether oxygens (including phenoxy) is 1. The lowest BCUT2D eigenvalue weighted by molar-refractivity contribution is -0.108. The van der Waals surface area contributed by atoms with E-state index in [2.05, 4.69) is 19.9 Å². The first-order valence-corrected chi connectivity index (χ1v) is 5.88. The van der Waals surface area contributed by atoms with Gasteiger partial charge in [0.15, 0.2) is 0 Å². The van der Waals surface area contributed by atoms with E-state index in [9.17, 15) is 4.79 Å². The summed E-state index contributed by atoms with van der Waals surface area (Å²) < 4.78 is 5.51. The number of rotatable bonds is 6. The van der Waals surface area contributed by atoms with Crippen molar-refractivity contribution in [2.75, 3.05) is 6.61 Å². The summed E-state index contributed by atoms with van der Waals surface area (Å²) in [5.74, 6) is -0.0318. The second-order valence-corrected chi connectivity index (χ2v) is 4.46. The molecule has 0 radical (unpaired) electrons. The summed E-state index contributed by atoms with van der Waals surface area (Å²) >= 11 is 0. The number of aldehydes is 1. The Morgan fingerprint density at radius 2 is 1.94 bits per heavy atom. The van der Waals surface area contributed by atoms with Crippen molar-refractivity contribution < 1.29 is 9.53 Å². The van der Waals surface area contributed by atoms with Crippen LogP contribution >= 0.6 is 0 Å². The highest BCUT2D eigenvalue weighted by atomic mass is 16.5. The first-order valence-electron chi connectivity index (χ1n) is 5.88. The monoisotopic (exact) mass is 232 g/mol. The molecule has 0 aliphatic rings. The number of carbonyl (C=O) groups is 1. The molecule has 0 aromatic heterocycles. The Labute approximate surface area is 103 Å². The van der Waals surface area contributed by atoms with Crippen LogP contribution in [0, 0.1) is 0 Å². The van der Waals surface area contributed by atoms with Gasteiger partial charge in [-0.2, -0.15) is 0 Å². The predicted octanol–water partition coefficient (Wildman–Crippen LogP) is 3.47. The Balaban J connectivity index is 2.45. The SMILES string of the molecule is CC(C)=CCOCc1ccc(C(C)C=O)cc1. The standard InChI is InChI=1S/C15H20O2/c1-12(2)8-9-17-11-14-4-6-15(7-5-14)13(3)10-16/h4-8,10,13H,9,11H2,1-3H3. The zero-order valence-corrected chi connectivity index (χ0v) is 10.8. The van der Waals surface area contributed by atoms with Crippen molar-refractivity contribution in [2.45, 2.75) is 33.3 Å². The van der Waals surface area contributed by atoms with E-state index in [1.165, 1.54) is 5.57 Å². The molecular weight excluding hydrogens is 212 g/mol. The Morgan fingerprint density at radius 1 is 1.29 bits per heavy atom. The first-order chi connectivity index (χ1) is 8.13. The van der Waals surface area contributed by atoms with Crippen LogP contribution in [0.3, 0.4) is 0 Å². The van der Waals surface area contributed by atoms with E-state index in [0.29, 0.717) is 13.2 Å². The maximum atomic E-state index is 10.6. The minimum absolute atomic E-state index is 0.0318. The minimum atomic E-state index is -0.0318. The highest BCUT2D eigenvalue weighted by Gasteiger charge is 2.02. The number of hydrogen-bond donors (Lipinski definition) is 0. The maximum absolute atomic E-state index is 10.6. The van der Waals surface area contributed by atoms with Gasteiger partial charge in [-0.3, -0.25) is 0 Å². The zero-order valence-electron chi connectivity index (χ0n) is 10.8. The molecule has 0 aliphatic carbocycles. The van der Waals surface area contributed by atoms with Crippen molar-refractivity contribution in [1.29, 1.82) is 0 Å². The molecular formula is C15H20O2. The summed E-state index contributed by atoms with van der Waals surface area (Å²) in [6, 6.07) is 7.99. The van der Waals surface area contributed by atoms with E-state index in [1.54, 1.807) is 0 Å². The van der Waals surface area contributed by atoms with Crippen LogP contribution in [0.1, 0.15) is 37.8 Å². The Hall–Kier alpha value is -1.41. The van der Waals surface area contributed by atoms with Crippen LogP contribution in [0.5, 0.6) is 0 Å². The highest BCUT2D eigenvalue weighted by molar-refractivity contribution is 5.61. The molecule has 1 unspecified atom stereocenters. The van der Waals surface area contributed by atoms with Crippen LogP contribution in [0.25, 0.3) is 0 Å². The molecule has 17 heavy (non-hydrogen) atoms. The van der Waals surface area contributed by atoms with Gasteiger partial charge in [0.05, 0.1) is 13.2 Å². The smallest absolute Gasteiger partial charge is 0.127 e. The largest absolute Gasteiger partial charge is 0.373 e. The number of allylic oxidation sites excluding steroid dienone is 1. The van der Waals surface area contributed by atoms with Gasteiger partial charge in [0.1, 0.15) is 6.29 Å². The fraction of sp³-hybridized carbons (Fsp3) is 0.400. The third-order valence-electron chi connectivity index (χ3n) is 2.59. The van der Waals surface area contributed by atoms with E-state index < -0.39 is 0 Å². The fourth-order valence-corrected chi connectivity index (χ4v) is 1.40. The van der Waals surface area contributed by atoms with Crippen molar-refractivity contribution in [2.24, 2.45) is 0 Å². The van der Waals surface area contributed by atoms with Gasteiger partial charge in [0.25, 0.3) is 0 Å². The molecule has 0 aliphatic heterocycles. The van der Waals surface area contributed by atoms with E-state index in [-0.39, 0.29) is 5.92 Å². The van der Waals surface area contributed by atoms with Crippen molar-refractivity contribution in [3.05, 3.63) is 47.0 Å². The Kier molecular flexibility index (Phi) is 5.64. The topological polar surface area (TPSA) is 26.3 Å². The zero-order chi connectivity index (χ0) is 12.7. The Morgan fingerprint density at radius 3 is 2.47 bits per heavy atom. The van der Waals surface area contributed by atoms with Crippen LogP contribution in [-0.4, -0.2) is 12.9 Å². The number of carbonyl (C=O) groups excluding carboxylic acids is 1. The fourth-order valence-electron chi connectivity index (χ4n) is 1.40. The molecule has 0 bridgehead atoms. The number of hydrogen-bond acceptors (Lipinski definition) is 2. The molecule has 1 aromatic carbocycles. The lowest BCUT2D eigenvalue weighted by Gasteiger charge is -2.06. The maximum Gasteiger partial charge on any atom is 0.127 e. The molecule has 0 heterocycles. The van der Waals surface area contributed by atoms with Crippen molar-refractivity contribution in [3.8, 4) is 0 Å². The summed E-state index contributed by atoms with van der Waals surface area (Å²) in [4.78, 5) is 10.6. The average molecular weight is 232 g/mol. The van der Waals surface area contributed by atoms with Gasteiger partial charge in [0, 0.05) is 5.92 Å². The summed E-state index contributed by atoms with van der Waals surface area (Å²) in [5.41, 5.74) is 3.45. The quantitative estimate of drug-likeness (QED) is 0.426. The molecule has 0 spiro atoms. The molecule has 1 aromatic rings. The van der Waals surface area contributed by atoms with E-state index >= 15 is 0 Å². The van der Waals surface area contributed by atoms with Crippen LogP contribution in [0.2, 0.25) is 0 Å². The second-order valence-electron chi connectivity index (χ2n) is 4.46. The second kappa shape index (κ2) is 7.02. The summed E-state index contributed by atoms with van der Waals surface area (Å²) in [6.07, 6.45) is 3.02. The molecule has 0 fully saturated rings. The molecule has 0 saturated carbocycles. The highest BCUT2D eigenvalue weighted by Crippen LogP contribution is 2.14. The summed E-state index contributed by atoms with van der Waals surface area (Å²) in [7, 11) is 0. The van der Waals surface area contributed by atoms with Crippen LogP contribution in [0.15, 0.2) is 35.9 Å². The molecule has 0 N–H and O–H groups in total. The summed E-state index contributed by atoms with van der Waals surface area (Å²) in [5, 5.41) is 0. The van der Waals surface area contributed by atoms with Crippen molar-refractivity contribution >= 4 is 6.29 Å².